The van der Waals surface area contributed by atoms with Crippen LogP contribution in [-0.2, 0) is 11.3 Å². The molecule has 1 N–H and O–H groups in total. The molecule has 106 valence electrons. The van der Waals surface area contributed by atoms with Gasteiger partial charge in [-0.3, -0.25) is 0 Å². The van der Waals surface area contributed by atoms with Crippen molar-refractivity contribution in [2.75, 3.05) is 6.61 Å². The molecule has 0 heterocycles. The smallest absolute Gasteiger partial charge is 0.0784 e. The fourth-order valence-electron chi connectivity index (χ4n) is 1.94. The molecule has 2 nitrogen and oxygen atoms in total. The first-order chi connectivity index (χ1) is 9.17. The maximum atomic E-state index is 9.03. The van der Waals surface area contributed by atoms with E-state index in [4.69, 9.17) is 9.84 Å². The molecule has 2 atom stereocenters. The molecule has 0 radical (unpaired) electrons. The Morgan fingerprint density at radius 3 is 2.58 bits per heavy atom. The zero-order valence-electron chi connectivity index (χ0n) is 12.3. The minimum absolute atomic E-state index is 0.172. The molecule has 0 saturated carbocycles. The highest BCUT2D eigenvalue weighted by atomic mass is 16.5. The number of ether oxygens (including phenoxy) is 1. The molecule has 0 aliphatic carbocycles. The third-order valence-corrected chi connectivity index (χ3v) is 3.33. The highest BCUT2D eigenvalue weighted by Gasteiger charge is 2.09. The first kappa shape index (κ1) is 15.9. The largest absolute Gasteiger partial charge is 0.396 e. The van der Waals surface area contributed by atoms with Crippen LogP contribution in [0.1, 0.15) is 39.2 Å². The number of rotatable bonds is 8. The molecule has 0 aliphatic heterocycles. The predicted octanol–water partition coefficient (Wildman–Crippen LogP) is 3.95. The number of aliphatic hydroxyl groups is 1. The molecule has 0 aliphatic rings. The van der Waals surface area contributed by atoms with Gasteiger partial charge in [-0.1, -0.05) is 50.3 Å². The lowest BCUT2D eigenvalue weighted by atomic mass is 10.0. The van der Waals surface area contributed by atoms with Gasteiger partial charge in [-0.2, -0.15) is 0 Å². The third-order valence-electron chi connectivity index (χ3n) is 3.33. The zero-order valence-corrected chi connectivity index (χ0v) is 12.3. The van der Waals surface area contributed by atoms with Gasteiger partial charge in [-0.15, -0.1) is 0 Å². The molecule has 1 aromatic carbocycles. The number of benzene rings is 1. The molecule has 1 aromatic rings. The monoisotopic (exact) mass is 262 g/mol. The van der Waals surface area contributed by atoms with Crippen LogP contribution in [-0.4, -0.2) is 17.8 Å². The fourth-order valence-corrected chi connectivity index (χ4v) is 1.94. The average Bonchev–Trinajstić information content (AvgIpc) is 2.46. The maximum absolute atomic E-state index is 9.03. The Balaban J connectivity index is 2.48. The summed E-state index contributed by atoms with van der Waals surface area (Å²) in [4.78, 5) is 0. The first-order valence-electron chi connectivity index (χ1n) is 7.10. The van der Waals surface area contributed by atoms with Crippen molar-refractivity contribution in [2.24, 2.45) is 5.92 Å². The summed E-state index contributed by atoms with van der Waals surface area (Å²) in [5.41, 5.74) is 2.47. The summed E-state index contributed by atoms with van der Waals surface area (Å²) in [5, 5.41) is 9.03. The second kappa shape index (κ2) is 8.89. The summed E-state index contributed by atoms with van der Waals surface area (Å²) in [7, 11) is 0. The maximum Gasteiger partial charge on any atom is 0.0784 e. The molecule has 19 heavy (non-hydrogen) atoms. The van der Waals surface area contributed by atoms with E-state index in [0.29, 0.717) is 12.5 Å². The van der Waals surface area contributed by atoms with E-state index in [0.717, 1.165) is 12.8 Å². The Morgan fingerprint density at radius 2 is 2.00 bits per heavy atom. The Labute approximate surface area is 117 Å². The summed E-state index contributed by atoms with van der Waals surface area (Å²) < 4.78 is 5.97. The van der Waals surface area contributed by atoms with Crippen LogP contribution in [0.2, 0.25) is 0 Å². The predicted molar refractivity (Wildman–Crippen MR) is 79.9 cm³/mol. The van der Waals surface area contributed by atoms with Crippen LogP contribution in [0.25, 0.3) is 0 Å². The standard InChI is InChI=1S/C17H26O2/c1-4-17(15(3)11-10-14(2)12-18)19-13-16-8-6-5-7-9-16/h5-9,11,14,17-18H,4,10,12-13H2,1-3H3/b15-11+. The van der Waals surface area contributed by atoms with Crippen molar-refractivity contribution in [3.63, 3.8) is 0 Å². The van der Waals surface area contributed by atoms with E-state index >= 15 is 0 Å². The van der Waals surface area contributed by atoms with Gasteiger partial charge < -0.3 is 9.84 Å². The topological polar surface area (TPSA) is 29.5 Å². The highest BCUT2D eigenvalue weighted by molar-refractivity contribution is 5.14. The van der Waals surface area contributed by atoms with Gasteiger partial charge in [-0.05, 0) is 36.8 Å². The van der Waals surface area contributed by atoms with Crippen LogP contribution in [0.4, 0.5) is 0 Å². The van der Waals surface area contributed by atoms with Crippen LogP contribution in [0.3, 0.4) is 0 Å². The Bertz CT molecular complexity index is 370. The van der Waals surface area contributed by atoms with Crippen LogP contribution in [0.5, 0.6) is 0 Å². The average molecular weight is 262 g/mol. The Hall–Kier alpha value is -1.12. The lowest BCUT2D eigenvalue weighted by molar-refractivity contribution is 0.0617. The van der Waals surface area contributed by atoms with Crippen molar-refractivity contribution in [1.29, 1.82) is 0 Å². The van der Waals surface area contributed by atoms with Crippen LogP contribution < -0.4 is 0 Å². The minimum atomic E-state index is 0.172. The van der Waals surface area contributed by atoms with Gasteiger partial charge in [0.2, 0.25) is 0 Å². The normalized spacial score (nSPS) is 15.3. The van der Waals surface area contributed by atoms with Gasteiger partial charge in [0.15, 0.2) is 0 Å². The van der Waals surface area contributed by atoms with Crippen LogP contribution >= 0.6 is 0 Å². The SMILES string of the molecule is CCC(OCc1ccccc1)/C(C)=C/CC(C)CO. The molecule has 0 bridgehead atoms. The first-order valence-corrected chi connectivity index (χ1v) is 7.10. The summed E-state index contributed by atoms with van der Waals surface area (Å²) in [6, 6.07) is 10.2. The summed E-state index contributed by atoms with van der Waals surface area (Å²) in [5.74, 6) is 0.321. The van der Waals surface area contributed by atoms with E-state index in [-0.39, 0.29) is 12.7 Å². The van der Waals surface area contributed by atoms with Crippen molar-refractivity contribution in [3.05, 3.63) is 47.5 Å². The Kier molecular flexibility index (Phi) is 7.46. The van der Waals surface area contributed by atoms with Crippen molar-refractivity contribution in [1.82, 2.24) is 0 Å². The summed E-state index contributed by atoms with van der Waals surface area (Å²) >= 11 is 0. The number of aliphatic hydroxyl groups excluding tert-OH is 1. The van der Waals surface area contributed by atoms with Crippen molar-refractivity contribution in [2.45, 2.75) is 46.3 Å². The number of hydrogen-bond donors (Lipinski definition) is 1. The zero-order chi connectivity index (χ0) is 14.1. The second-order valence-corrected chi connectivity index (χ2v) is 5.17. The highest BCUT2D eigenvalue weighted by Crippen LogP contribution is 2.15. The van der Waals surface area contributed by atoms with Gasteiger partial charge in [0.05, 0.1) is 12.7 Å². The van der Waals surface area contributed by atoms with Crippen LogP contribution in [0, 0.1) is 5.92 Å². The lowest BCUT2D eigenvalue weighted by Crippen LogP contribution is -2.13. The van der Waals surface area contributed by atoms with E-state index in [2.05, 4.69) is 39.0 Å². The minimum Gasteiger partial charge on any atom is -0.396 e. The molecule has 0 saturated heterocycles. The third kappa shape index (κ3) is 6.04. The quantitative estimate of drug-likeness (QED) is 0.719. The molecule has 0 amide bonds. The van der Waals surface area contributed by atoms with E-state index in [1.165, 1.54) is 11.1 Å². The lowest BCUT2D eigenvalue weighted by Gasteiger charge is -2.18. The van der Waals surface area contributed by atoms with Gasteiger partial charge in [-0.25, -0.2) is 0 Å². The molecule has 0 aromatic heterocycles. The molecule has 0 fully saturated rings. The van der Waals surface area contributed by atoms with E-state index in [9.17, 15) is 0 Å². The Morgan fingerprint density at radius 1 is 1.32 bits per heavy atom. The van der Waals surface area contributed by atoms with Gasteiger partial charge in [0, 0.05) is 6.61 Å². The second-order valence-electron chi connectivity index (χ2n) is 5.17. The number of hydrogen-bond acceptors (Lipinski definition) is 2. The summed E-state index contributed by atoms with van der Waals surface area (Å²) in [6.07, 6.45) is 4.25. The van der Waals surface area contributed by atoms with E-state index in [1.807, 2.05) is 18.2 Å². The van der Waals surface area contributed by atoms with Gasteiger partial charge >= 0.3 is 0 Å². The molecular weight excluding hydrogens is 236 g/mol. The molecule has 2 heteroatoms. The molecule has 0 spiro atoms. The van der Waals surface area contributed by atoms with Crippen molar-refractivity contribution >= 4 is 0 Å². The molecule has 1 rings (SSSR count). The van der Waals surface area contributed by atoms with E-state index < -0.39 is 0 Å². The van der Waals surface area contributed by atoms with E-state index in [1.54, 1.807) is 0 Å². The fraction of sp³-hybridized carbons (Fsp3) is 0.529. The van der Waals surface area contributed by atoms with Crippen molar-refractivity contribution < 1.29 is 9.84 Å². The van der Waals surface area contributed by atoms with Gasteiger partial charge in [0.25, 0.3) is 0 Å². The summed E-state index contributed by atoms with van der Waals surface area (Å²) in [6.45, 7) is 7.20. The number of allylic oxidation sites excluding steroid dienone is 1. The van der Waals surface area contributed by atoms with Crippen molar-refractivity contribution in [3.8, 4) is 0 Å². The van der Waals surface area contributed by atoms with Gasteiger partial charge in [0.1, 0.15) is 0 Å². The molecule has 2 unspecified atom stereocenters. The molecular formula is C17H26O2. The van der Waals surface area contributed by atoms with Crippen LogP contribution in [0.15, 0.2) is 42.0 Å².